The molecule has 2 aromatic rings. The van der Waals surface area contributed by atoms with Gasteiger partial charge in [-0.2, -0.15) is 0 Å². The Bertz CT molecular complexity index is 787. The van der Waals surface area contributed by atoms with Gasteiger partial charge in [-0.15, -0.1) is 0 Å². The van der Waals surface area contributed by atoms with Crippen LogP contribution in [0.5, 0.6) is 0 Å². The molecule has 0 fully saturated rings. The van der Waals surface area contributed by atoms with Gasteiger partial charge in [0.05, 0.1) is 18.0 Å². The highest BCUT2D eigenvalue weighted by Crippen LogP contribution is 2.32. The van der Waals surface area contributed by atoms with Gasteiger partial charge in [-0.3, -0.25) is 9.78 Å². The predicted molar refractivity (Wildman–Crippen MR) is 88.4 cm³/mol. The highest BCUT2D eigenvalue weighted by molar-refractivity contribution is 6.10. The molecule has 24 heavy (non-hydrogen) atoms. The number of carbonyl (C=O) groups excluding carboxylic acids is 1. The van der Waals surface area contributed by atoms with Gasteiger partial charge in [0.1, 0.15) is 11.5 Å². The minimum Gasteiger partial charge on any atom is -0.374 e. The van der Waals surface area contributed by atoms with Gasteiger partial charge in [-0.05, 0) is 38.5 Å². The molecule has 124 valence electrons. The standard InChI is InChI=1S/C18H19N3O3/c1-4-23-15-8-13(17-11(2)21-24-12(17)3)7-14(9-15)18(22)16-10-19-5-6-20-16/h5-7,9-10,15H,4,8H2,1-3H3. The van der Waals surface area contributed by atoms with Crippen molar-refractivity contribution in [3.8, 4) is 0 Å². The van der Waals surface area contributed by atoms with E-state index in [9.17, 15) is 4.79 Å². The minimum atomic E-state index is -0.170. The van der Waals surface area contributed by atoms with E-state index in [-0.39, 0.29) is 11.9 Å². The van der Waals surface area contributed by atoms with E-state index in [1.807, 2.05) is 32.9 Å². The molecule has 1 aliphatic rings. The smallest absolute Gasteiger partial charge is 0.212 e. The second-order valence-corrected chi connectivity index (χ2v) is 5.61. The summed E-state index contributed by atoms with van der Waals surface area (Å²) in [5.74, 6) is 0.568. The molecule has 0 amide bonds. The van der Waals surface area contributed by atoms with E-state index in [1.54, 1.807) is 6.20 Å². The molecule has 6 heteroatoms. The zero-order chi connectivity index (χ0) is 17.1. The molecule has 1 atom stereocenters. The lowest BCUT2D eigenvalue weighted by molar-refractivity contribution is 0.0949. The van der Waals surface area contributed by atoms with Crippen molar-refractivity contribution in [2.75, 3.05) is 6.61 Å². The van der Waals surface area contributed by atoms with Crippen molar-refractivity contribution in [2.45, 2.75) is 33.3 Å². The van der Waals surface area contributed by atoms with E-state index in [4.69, 9.17) is 9.26 Å². The number of ketones is 1. The second-order valence-electron chi connectivity index (χ2n) is 5.61. The topological polar surface area (TPSA) is 78.1 Å². The number of aryl methyl sites for hydroxylation is 2. The van der Waals surface area contributed by atoms with Crippen LogP contribution in [0.3, 0.4) is 0 Å². The number of rotatable bonds is 5. The van der Waals surface area contributed by atoms with Crippen molar-refractivity contribution in [1.29, 1.82) is 0 Å². The Hall–Kier alpha value is -2.60. The molecule has 0 saturated heterocycles. The van der Waals surface area contributed by atoms with Crippen molar-refractivity contribution in [3.05, 3.63) is 59.0 Å². The first kappa shape index (κ1) is 16.3. The van der Waals surface area contributed by atoms with E-state index in [0.29, 0.717) is 24.3 Å². The lowest BCUT2D eigenvalue weighted by atomic mass is 9.89. The number of carbonyl (C=O) groups is 1. The molecule has 2 heterocycles. The Labute approximate surface area is 140 Å². The third kappa shape index (κ3) is 3.19. The monoisotopic (exact) mass is 325 g/mol. The van der Waals surface area contributed by atoms with Gasteiger partial charge in [-0.1, -0.05) is 5.16 Å². The maximum absolute atomic E-state index is 12.7. The van der Waals surface area contributed by atoms with Crippen molar-refractivity contribution in [1.82, 2.24) is 15.1 Å². The Balaban J connectivity index is 2.01. The highest BCUT2D eigenvalue weighted by atomic mass is 16.5. The van der Waals surface area contributed by atoms with Gasteiger partial charge >= 0.3 is 0 Å². The summed E-state index contributed by atoms with van der Waals surface area (Å²) in [5.41, 5.74) is 3.60. The molecule has 0 saturated carbocycles. The molecule has 0 bridgehead atoms. The van der Waals surface area contributed by atoms with Crippen LogP contribution in [-0.4, -0.2) is 33.6 Å². The predicted octanol–water partition coefficient (Wildman–Crippen LogP) is 3.08. The fourth-order valence-corrected chi connectivity index (χ4v) is 2.91. The third-order valence-electron chi connectivity index (χ3n) is 3.91. The van der Waals surface area contributed by atoms with Gasteiger partial charge in [0.2, 0.25) is 5.78 Å². The van der Waals surface area contributed by atoms with Crippen LogP contribution >= 0.6 is 0 Å². The van der Waals surface area contributed by atoms with E-state index < -0.39 is 0 Å². The molecule has 0 aliphatic heterocycles. The van der Waals surface area contributed by atoms with Crippen LogP contribution in [0.25, 0.3) is 5.57 Å². The van der Waals surface area contributed by atoms with Crippen LogP contribution in [0.4, 0.5) is 0 Å². The average Bonchev–Trinajstić information content (AvgIpc) is 2.93. The molecular formula is C18H19N3O3. The van der Waals surface area contributed by atoms with Crippen LogP contribution in [0.1, 0.15) is 40.9 Å². The summed E-state index contributed by atoms with van der Waals surface area (Å²) in [6, 6.07) is 0. The van der Waals surface area contributed by atoms with Crippen molar-refractivity contribution in [3.63, 3.8) is 0 Å². The largest absolute Gasteiger partial charge is 0.374 e. The van der Waals surface area contributed by atoms with E-state index in [1.165, 1.54) is 12.4 Å². The minimum absolute atomic E-state index is 0.167. The van der Waals surface area contributed by atoms with Crippen LogP contribution in [-0.2, 0) is 4.74 Å². The SMILES string of the molecule is CCOC1C=C(C(=O)c2cnccn2)C=C(c2c(C)noc2C)C1. The Kier molecular flexibility index (Phi) is 4.66. The van der Waals surface area contributed by atoms with Gasteiger partial charge in [0.25, 0.3) is 0 Å². The van der Waals surface area contributed by atoms with Gasteiger partial charge in [0, 0.05) is 36.6 Å². The van der Waals surface area contributed by atoms with E-state index in [0.717, 1.165) is 22.6 Å². The number of nitrogens with zero attached hydrogens (tertiary/aromatic N) is 3. The first-order valence-corrected chi connectivity index (χ1v) is 7.88. The molecule has 1 unspecified atom stereocenters. The fraction of sp³-hybridized carbons (Fsp3) is 0.333. The summed E-state index contributed by atoms with van der Waals surface area (Å²) in [5, 5.41) is 4.01. The zero-order valence-corrected chi connectivity index (χ0v) is 13.9. The molecule has 2 aromatic heterocycles. The molecule has 0 aromatic carbocycles. The Morgan fingerprint density at radius 3 is 2.83 bits per heavy atom. The normalized spacial score (nSPS) is 17.4. The summed E-state index contributed by atoms with van der Waals surface area (Å²) < 4.78 is 11.0. The maximum atomic E-state index is 12.7. The fourth-order valence-electron chi connectivity index (χ4n) is 2.91. The summed E-state index contributed by atoms with van der Waals surface area (Å²) in [6.07, 6.45) is 8.75. The summed E-state index contributed by atoms with van der Waals surface area (Å²) in [7, 11) is 0. The average molecular weight is 325 g/mol. The third-order valence-corrected chi connectivity index (χ3v) is 3.91. The molecule has 3 rings (SSSR count). The van der Waals surface area contributed by atoms with Crippen molar-refractivity contribution < 1.29 is 14.1 Å². The summed E-state index contributed by atoms with van der Waals surface area (Å²) in [4.78, 5) is 20.8. The molecule has 0 radical (unpaired) electrons. The summed E-state index contributed by atoms with van der Waals surface area (Å²) >= 11 is 0. The quantitative estimate of drug-likeness (QED) is 0.786. The zero-order valence-electron chi connectivity index (χ0n) is 13.9. The highest BCUT2D eigenvalue weighted by Gasteiger charge is 2.25. The van der Waals surface area contributed by atoms with E-state index >= 15 is 0 Å². The van der Waals surface area contributed by atoms with Crippen molar-refractivity contribution in [2.24, 2.45) is 0 Å². The first-order valence-electron chi connectivity index (χ1n) is 7.88. The number of Topliss-reactive ketones (excluding diaryl/α,β-unsaturated/α-hetero) is 1. The van der Waals surface area contributed by atoms with Gasteiger partial charge < -0.3 is 9.26 Å². The number of hydrogen-bond donors (Lipinski definition) is 0. The van der Waals surface area contributed by atoms with Gasteiger partial charge in [-0.25, -0.2) is 4.98 Å². The number of ether oxygens (including phenoxy) is 1. The number of hydrogen-bond acceptors (Lipinski definition) is 6. The van der Waals surface area contributed by atoms with Crippen LogP contribution in [0.2, 0.25) is 0 Å². The number of allylic oxidation sites excluding steroid dienone is 2. The second kappa shape index (κ2) is 6.88. The van der Waals surface area contributed by atoms with Crippen LogP contribution in [0, 0.1) is 13.8 Å². The van der Waals surface area contributed by atoms with Crippen LogP contribution in [0.15, 0.2) is 40.8 Å². The molecule has 1 aliphatic carbocycles. The van der Waals surface area contributed by atoms with Crippen LogP contribution < -0.4 is 0 Å². The maximum Gasteiger partial charge on any atom is 0.212 e. The lowest BCUT2D eigenvalue weighted by Gasteiger charge is -2.21. The Morgan fingerprint density at radius 1 is 1.38 bits per heavy atom. The van der Waals surface area contributed by atoms with Gasteiger partial charge in [0.15, 0.2) is 0 Å². The van der Waals surface area contributed by atoms with Crippen molar-refractivity contribution >= 4 is 11.4 Å². The Morgan fingerprint density at radius 2 is 2.21 bits per heavy atom. The molecule has 0 N–H and O–H groups in total. The first-order chi connectivity index (χ1) is 11.6. The lowest BCUT2D eigenvalue weighted by Crippen LogP contribution is -2.18. The summed E-state index contributed by atoms with van der Waals surface area (Å²) in [6.45, 7) is 6.27. The molecule has 0 spiro atoms. The number of aromatic nitrogens is 3. The van der Waals surface area contributed by atoms with E-state index in [2.05, 4.69) is 15.1 Å². The molecule has 6 nitrogen and oxygen atoms in total. The molecular weight excluding hydrogens is 306 g/mol.